The molecule has 0 radical (unpaired) electrons. The van der Waals surface area contributed by atoms with Gasteiger partial charge in [0, 0.05) is 0 Å². The van der Waals surface area contributed by atoms with E-state index in [2.05, 4.69) is 0 Å². The van der Waals surface area contributed by atoms with E-state index < -0.39 is 35.5 Å². The van der Waals surface area contributed by atoms with Crippen molar-refractivity contribution in [2.24, 2.45) is 5.92 Å². The van der Waals surface area contributed by atoms with Crippen LogP contribution in [0.1, 0.15) is 73.1 Å². The Hall–Kier alpha value is -1.30. The predicted octanol–water partition coefficient (Wildman–Crippen LogP) is 3.78. The summed E-state index contributed by atoms with van der Waals surface area (Å²) in [7, 11) is 0. The summed E-state index contributed by atoms with van der Waals surface area (Å²) in [6.45, 7) is 8.88. The van der Waals surface area contributed by atoms with E-state index in [4.69, 9.17) is 9.47 Å². The van der Waals surface area contributed by atoms with Crippen LogP contribution in [0.5, 0.6) is 0 Å². The molecule has 1 heterocycles. The van der Waals surface area contributed by atoms with Crippen molar-refractivity contribution in [2.75, 3.05) is 0 Å². The van der Waals surface area contributed by atoms with Gasteiger partial charge in [-0.15, -0.1) is 0 Å². The number of carbonyl (C=O) groups is 2. The number of carbonyl (C=O) groups excluding carboxylic acids is 1. The first-order chi connectivity index (χ1) is 11.0. The summed E-state index contributed by atoms with van der Waals surface area (Å²) in [5.74, 6) is -0.581. The van der Waals surface area contributed by atoms with Crippen molar-refractivity contribution in [1.29, 1.82) is 0 Å². The second kappa shape index (κ2) is 6.90. The number of hydrogen-bond acceptors (Lipinski definition) is 4. The SMILES string of the molecule is CC(C)(C)OC(=O)N1[C@H](CC2CCCCC2)[C@@H](C(=O)O)OC1(C)C. The van der Waals surface area contributed by atoms with E-state index >= 15 is 0 Å². The third-order valence-corrected chi connectivity index (χ3v) is 4.81. The molecule has 2 aliphatic rings. The molecule has 6 heteroatoms. The first-order valence-electron chi connectivity index (χ1n) is 8.94. The summed E-state index contributed by atoms with van der Waals surface area (Å²) in [5.41, 5.74) is -1.63. The molecule has 1 aliphatic heterocycles. The van der Waals surface area contributed by atoms with Crippen LogP contribution in [0.15, 0.2) is 0 Å². The lowest BCUT2D eigenvalue weighted by Gasteiger charge is -2.36. The van der Waals surface area contributed by atoms with Crippen molar-refractivity contribution >= 4 is 12.1 Å². The van der Waals surface area contributed by atoms with Crippen LogP contribution < -0.4 is 0 Å². The molecular weight excluding hydrogens is 310 g/mol. The maximum Gasteiger partial charge on any atom is 0.412 e. The molecule has 2 rings (SSSR count). The summed E-state index contributed by atoms with van der Waals surface area (Å²) in [6.07, 6.45) is 4.90. The van der Waals surface area contributed by atoms with Gasteiger partial charge >= 0.3 is 12.1 Å². The fraction of sp³-hybridized carbons (Fsp3) is 0.889. The molecule has 6 nitrogen and oxygen atoms in total. The Kier molecular flexibility index (Phi) is 5.47. The monoisotopic (exact) mass is 341 g/mol. The molecular formula is C18H31NO5. The molecule has 1 amide bonds. The number of aliphatic carboxylic acids is 1. The molecule has 1 saturated heterocycles. The van der Waals surface area contributed by atoms with Gasteiger partial charge in [-0.3, -0.25) is 4.90 Å². The maximum atomic E-state index is 12.7. The standard InChI is InChI=1S/C18H31NO5/c1-17(2,3)24-16(22)19-13(11-12-9-7-6-8-10-12)14(15(20)21)23-18(19,4)5/h12-14H,6-11H2,1-5H3,(H,20,21)/t13-,14+/m1/s1. The fourth-order valence-electron chi connectivity index (χ4n) is 3.86. The van der Waals surface area contributed by atoms with Gasteiger partial charge in [0.15, 0.2) is 6.10 Å². The number of rotatable bonds is 3. The second-order valence-corrected chi connectivity index (χ2v) is 8.48. The lowest BCUT2D eigenvalue weighted by atomic mass is 9.83. The number of carboxylic acids is 1. The van der Waals surface area contributed by atoms with Gasteiger partial charge in [-0.2, -0.15) is 0 Å². The van der Waals surface area contributed by atoms with E-state index in [1.165, 1.54) is 24.2 Å². The smallest absolute Gasteiger partial charge is 0.412 e. The quantitative estimate of drug-likeness (QED) is 0.845. The Morgan fingerprint density at radius 2 is 1.79 bits per heavy atom. The molecule has 1 aliphatic carbocycles. The fourth-order valence-corrected chi connectivity index (χ4v) is 3.86. The number of hydrogen-bond donors (Lipinski definition) is 1. The van der Waals surface area contributed by atoms with E-state index in [9.17, 15) is 14.7 Å². The largest absolute Gasteiger partial charge is 0.479 e. The highest BCUT2D eigenvalue weighted by Crippen LogP contribution is 2.39. The second-order valence-electron chi connectivity index (χ2n) is 8.48. The Morgan fingerprint density at radius 3 is 2.29 bits per heavy atom. The summed E-state index contributed by atoms with van der Waals surface area (Å²) < 4.78 is 11.3. The van der Waals surface area contributed by atoms with E-state index in [1.807, 2.05) is 0 Å². The van der Waals surface area contributed by atoms with Gasteiger partial charge in [0.1, 0.15) is 11.3 Å². The third kappa shape index (κ3) is 4.41. The molecule has 138 valence electrons. The molecule has 0 aromatic carbocycles. The number of amides is 1. The van der Waals surface area contributed by atoms with Crippen LogP contribution in [0.25, 0.3) is 0 Å². The van der Waals surface area contributed by atoms with Gasteiger partial charge in [0.2, 0.25) is 0 Å². The minimum absolute atomic E-state index is 0.438. The summed E-state index contributed by atoms with van der Waals surface area (Å²) in [4.78, 5) is 25.9. The van der Waals surface area contributed by atoms with Crippen molar-refractivity contribution in [1.82, 2.24) is 4.90 Å². The Morgan fingerprint density at radius 1 is 1.21 bits per heavy atom. The molecule has 2 atom stereocenters. The van der Waals surface area contributed by atoms with Crippen LogP contribution in [-0.2, 0) is 14.3 Å². The van der Waals surface area contributed by atoms with Crippen molar-refractivity contribution < 1.29 is 24.2 Å². The first-order valence-corrected chi connectivity index (χ1v) is 8.94. The molecule has 0 aromatic rings. The number of ether oxygens (including phenoxy) is 2. The van der Waals surface area contributed by atoms with Crippen LogP contribution in [0.3, 0.4) is 0 Å². The van der Waals surface area contributed by atoms with Gasteiger partial charge in [-0.05, 0) is 47.0 Å². The molecule has 0 aromatic heterocycles. The van der Waals surface area contributed by atoms with Crippen LogP contribution in [-0.4, -0.2) is 45.5 Å². The van der Waals surface area contributed by atoms with Crippen molar-refractivity contribution in [2.45, 2.75) is 96.6 Å². The highest BCUT2D eigenvalue weighted by Gasteiger charge is 2.54. The molecule has 0 unspecified atom stereocenters. The minimum Gasteiger partial charge on any atom is -0.479 e. The Labute approximate surface area is 144 Å². The van der Waals surface area contributed by atoms with Crippen molar-refractivity contribution in [3.05, 3.63) is 0 Å². The predicted molar refractivity (Wildman–Crippen MR) is 89.6 cm³/mol. The zero-order chi connectivity index (χ0) is 18.1. The number of carboxylic acid groups (broad SMARTS) is 1. The summed E-state index contributed by atoms with van der Waals surface area (Å²) in [6, 6.07) is -0.490. The average Bonchev–Trinajstić information content (AvgIpc) is 2.69. The van der Waals surface area contributed by atoms with Gasteiger partial charge in [-0.1, -0.05) is 32.1 Å². The molecule has 1 N–H and O–H groups in total. The van der Waals surface area contributed by atoms with Crippen molar-refractivity contribution in [3.8, 4) is 0 Å². The number of nitrogens with zero attached hydrogens (tertiary/aromatic N) is 1. The molecule has 0 spiro atoms. The lowest BCUT2D eigenvalue weighted by Crippen LogP contribution is -2.51. The maximum absolute atomic E-state index is 12.7. The van der Waals surface area contributed by atoms with Gasteiger partial charge < -0.3 is 14.6 Å². The lowest BCUT2D eigenvalue weighted by molar-refractivity contribution is -0.155. The zero-order valence-corrected chi connectivity index (χ0v) is 15.5. The molecule has 0 bridgehead atoms. The zero-order valence-electron chi connectivity index (χ0n) is 15.5. The highest BCUT2D eigenvalue weighted by molar-refractivity contribution is 5.77. The summed E-state index contributed by atoms with van der Waals surface area (Å²) in [5, 5.41) is 9.57. The van der Waals surface area contributed by atoms with Gasteiger partial charge in [0.25, 0.3) is 0 Å². The molecule has 1 saturated carbocycles. The normalized spacial score (nSPS) is 28.0. The van der Waals surface area contributed by atoms with E-state index in [-0.39, 0.29) is 0 Å². The van der Waals surface area contributed by atoms with Crippen LogP contribution in [0.4, 0.5) is 4.79 Å². The summed E-state index contributed by atoms with van der Waals surface area (Å²) >= 11 is 0. The topological polar surface area (TPSA) is 76.1 Å². The van der Waals surface area contributed by atoms with Crippen molar-refractivity contribution in [3.63, 3.8) is 0 Å². The van der Waals surface area contributed by atoms with Gasteiger partial charge in [0.05, 0.1) is 6.04 Å². The van der Waals surface area contributed by atoms with E-state index in [0.717, 1.165) is 12.8 Å². The van der Waals surface area contributed by atoms with E-state index in [0.29, 0.717) is 12.3 Å². The van der Waals surface area contributed by atoms with Crippen LogP contribution in [0, 0.1) is 5.92 Å². The first kappa shape index (κ1) is 19.0. The van der Waals surface area contributed by atoms with Crippen LogP contribution >= 0.6 is 0 Å². The third-order valence-electron chi connectivity index (χ3n) is 4.81. The molecule has 24 heavy (non-hydrogen) atoms. The Bertz CT molecular complexity index is 476. The Balaban J connectivity index is 2.23. The van der Waals surface area contributed by atoms with Crippen LogP contribution in [0.2, 0.25) is 0 Å². The molecule has 2 fully saturated rings. The van der Waals surface area contributed by atoms with Gasteiger partial charge in [-0.25, -0.2) is 9.59 Å². The van der Waals surface area contributed by atoms with E-state index in [1.54, 1.807) is 34.6 Å². The average molecular weight is 341 g/mol. The highest BCUT2D eigenvalue weighted by atomic mass is 16.6. The minimum atomic E-state index is -1.02.